The van der Waals surface area contributed by atoms with Crippen LogP contribution >= 0.6 is 11.3 Å². The summed E-state index contributed by atoms with van der Waals surface area (Å²) in [5.41, 5.74) is 5.07. The topological polar surface area (TPSA) is 64.1 Å². The maximum atomic E-state index is 16.2. The highest BCUT2D eigenvalue weighted by molar-refractivity contribution is 7.18. The van der Waals surface area contributed by atoms with Gasteiger partial charge in [0, 0.05) is 84.9 Å². The Kier molecular flexibility index (Phi) is 10.2. The number of carbonyl (C=O) groups is 1. The molecular formula is C40H37F4N3O4S. The van der Waals surface area contributed by atoms with Crippen molar-refractivity contribution in [3.05, 3.63) is 107 Å². The maximum Gasteiger partial charge on any atom is 0.285 e. The van der Waals surface area contributed by atoms with E-state index in [-0.39, 0.29) is 36.0 Å². The molecule has 0 spiro atoms. The molecule has 4 heterocycles. The van der Waals surface area contributed by atoms with E-state index in [1.165, 1.54) is 30.6 Å². The molecule has 3 aromatic carbocycles. The number of alkyl halides is 2. The minimum Gasteiger partial charge on any atom is -0.490 e. The van der Waals surface area contributed by atoms with Crippen LogP contribution in [0.1, 0.15) is 22.3 Å². The molecule has 52 heavy (non-hydrogen) atoms. The molecule has 1 amide bonds. The molecule has 7 nitrogen and oxygen atoms in total. The lowest BCUT2D eigenvalue weighted by Gasteiger charge is -2.34. The number of halogens is 4. The van der Waals surface area contributed by atoms with Crippen LogP contribution in [0.2, 0.25) is 0 Å². The molecule has 0 N–H and O–H groups in total. The summed E-state index contributed by atoms with van der Waals surface area (Å²) in [7, 11) is 3.05. The molecular weight excluding hydrogens is 695 g/mol. The van der Waals surface area contributed by atoms with Crippen LogP contribution in [-0.2, 0) is 39.7 Å². The van der Waals surface area contributed by atoms with E-state index in [2.05, 4.69) is 6.58 Å². The maximum absolute atomic E-state index is 16.2. The first-order valence-corrected chi connectivity index (χ1v) is 17.8. The largest absolute Gasteiger partial charge is 0.490 e. The third-order valence-electron chi connectivity index (χ3n) is 9.60. The van der Waals surface area contributed by atoms with Gasteiger partial charge in [0.05, 0.1) is 36.7 Å². The number of hydrogen-bond acceptors (Lipinski definition) is 7. The number of benzene rings is 3. The Labute approximate surface area is 303 Å². The number of amides is 1. The lowest BCUT2D eigenvalue weighted by molar-refractivity contribution is -0.126. The number of fused-ring (bicyclic) bond motifs is 3. The molecule has 12 heteroatoms. The van der Waals surface area contributed by atoms with Gasteiger partial charge in [0.1, 0.15) is 24.0 Å². The summed E-state index contributed by atoms with van der Waals surface area (Å²) in [4.78, 5) is 21.2. The van der Waals surface area contributed by atoms with E-state index in [1.54, 1.807) is 29.0 Å². The Morgan fingerprint density at radius 2 is 1.69 bits per heavy atom. The Bertz CT molecular complexity index is 2170. The fraction of sp³-hybridized carbons (Fsp3) is 0.300. The van der Waals surface area contributed by atoms with Gasteiger partial charge in [0.2, 0.25) is 5.91 Å². The van der Waals surface area contributed by atoms with Gasteiger partial charge >= 0.3 is 0 Å². The van der Waals surface area contributed by atoms with E-state index >= 15 is 13.2 Å². The first kappa shape index (κ1) is 35.8. The van der Waals surface area contributed by atoms with Crippen LogP contribution in [0, 0.1) is 11.6 Å². The Morgan fingerprint density at radius 3 is 2.48 bits per heavy atom. The third kappa shape index (κ3) is 6.83. The van der Waals surface area contributed by atoms with Crippen molar-refractivity contribution in [2.75, 3.05) is 53.7 Å². The van der Waals surface area contributed by atoms with E-state index < -0.39 is 24.1 Å². The number of hydrogen-bond donors (Lipinski definition) is 0. The van der Waals surface area contributed by atoms with Crippen LogP contribution in [0.5, 0.6) is 5.75 Å². The van der Waals surface area contributed by atoms with Crippen molar-refractivity contribution in [2.45, 2.75) is 25.4 Å². The summed E-state index contributed by atoms with van der Waals surface area (Å²) in [6, 6.07) is 14.6. The number of carbonyl (C=O) groups excluding carboxylic acids is 1. The van der Waals surface area contributed by atoms with Gasteiger partial charge in [-0.2, -0.15) is 8.78 Å². The normalized spacial score (nSPS) is 15.4. The van der Waals surface area contributed by atoms with Crippen molar-refractivity contribution in [2.24, 2.45) is 0 Å². The number of rotatable bonds is 11. The molecule has 7 rings (SSSR count). The van der Waals surface area contributed by atoms with Crippen molar-refractivity contribution < 1.29 is 36.6 Å². The predicted molar refractivity (Wildman–Crippen MR) is 194 cm³/mol. The zero-order chi connectivity index (χ0) is 36.6. The van der Waals surface area contributed by atoms with E-state index in [4.69, 9.17) is 19.2 Å². The average molecular weight is 732 g/mol. The molecule has 0 saturated carbocycles. The molecule has 0 atom stereocenters. The summed E-state index contributed by atoms with van der Waals surface area (Å²) in [6.07, 6.45) is 1.94. The Morgan fingerprint density at radius 1 is 0.923 bits per heavy atom. The quantitative estimate of drug-likeness (QED) is 0.0776. The molecule has 2 aliphatic rings. The zero-order valence-corrected chi connectivity index (χ0v) is 29.6. The van der Waals surface area contributed by atoms with Crippen molar-refractivity contribution in [1.29, 1.82) is 0 Å². The zero-order valence-electron chi connectivity index (χ0n) is 28.8. The van der Waals surface area contributed by atoms with Crippen LogP contribution in [0.3, 0.4) is 0 Å². The van der Waals surface area contributed by atoms with Gasteiger partial charge in [0.15, 0.2) is 0 Å². The average Bonchev–Trinajstić information content (AvgIpc) is 3.62. The van der Waals surface area contributed by atoms with E-state index in [9.17, 15) is 9.18 Å². The highest BCUT2D eigenvalue weighted by Gasteiger charge is 2.40. The second-order valence-corrected chi connectivity index (χ2v) is 13.8. The monoisotopic (exact) mass is 731 g/mol. The summed E-state index contributed by atoms with van der Waals surface area (Å²) in [5, 5.41) is 2.54. The van der Waals surface area contributed by atoms with E-state index in [0.717, 1.165) is 23.3 Å². The SMILES string of the molecule is C=CC(=O)N1CCc2ccc(-c3nc(-c4ccc5c(c4)CN(CCOC)CC5(F)F)c4ccsc4c3-c3c(F)cc(F)cc3OCCOC)cc2C1. The van der Waals surface area contributed by atoms with Crippen molar-refractivity contribution in [3.63, 3.8) is 0 Å². The number of thiophene rings is 1. The fourth-order valence-electron chi connectivity index (χ4n) is 7.12. The summed E-state index contributed by atoms with van der Waals surface area (Å²) in [5.74, 6) is -4.86. The summed E-state index contributed by atoms with van der Waals surface area (Å²) >= 11 is 1.36. The lowest BCUT2D eigenvalue weighted by Crippen LogP contribution is -2.41. The second kappa shape index (κ2) is 14.8. The number of pyridine rings is 1. The smallest absolute Gasteiger partial charge is 0.285 e. The highest BCUT2D eigenvalue weighted by Crippen LogP contribution is 2.48. The van der Waals surface area contributed by atoms with Gasteiger partial charge < -0.3 is 19.1 Å². The molecule has 0 aliphatic carbocycles. The fourth-order valence-corrected chi connectivity index (χ4v) is 8.07. The van der Waals surface area contributed by atoms with Crippen LogP contribution in [0.4, 0.5) is 17.6 Å². The van der Waals surface area contributed by atoms with Gasteiger partial charge in [-0.3, -0.25) is 9.69 Å². The molecule has 0 fully saturated rings. The first-order chi connectivity index (χ1) is 25.1. The second-order valence-electron chi connectivity index (χ2n) is 12.9. The van der Waals surface area contributed by atoms with Crippen LogP contribution < -0.4 is 4.74 Å². The number of methoxy groups -OCH3 is 2. The molecule has 5 aromatic rings. The number of aromatic nitrogens is 1. The van der Waals surface area contributed by atoms with Gasteiger partial charge in [-0.25, -0.2) is 13.8 Å². The molecule has 0 radical (unpaired) electrons. The summed E-state index contributed by atoms with van der Waals surface area (Å²) < 4.78 is 78.6. The van der Waals surface area contributed by atoms with Gasteiger partial charge in [0.25, 0.3) is 5.92 Å². The molecule has 270 valence electrons. The molecule has 2 aliphatic heterocycles. The van der Waals surface area contributed by atoms with Crippen molar-refractivity contribution >= 4 is 27.3 Å². The van der Waals surface area contributed by atoms with Crippen molar-refractivity contribution in [1.82, 2.24) is 14.8 Å². The number of ether oxygens (including phenoxy) is 3. The van der Waals surface area contributed by atoms with Gasteiger partial charge in [-0.15, -0.1) is 11.3 Å². The molecule has 0 bridgehead atoms. The van der Waals surface area contributed by atoms with Gasteiger partial charge in [-0.05, 0) is 52.8 Å². The molecule has 2 aromatic heterocycles. The van der Waals surface area contributed by atoms with Crippen LogP contribution in [-0.4, -0.2) is 74.4 Å². The first-order valence-electron chi connectivity index (χ1n) is 16.9. The minimum atomic E-state index is -3.05. The Balaban J connectivity index is 1.45. The van der Waals surface area contributed by atoms with E-state index in [0.29, 0.717) is 82.9 Å². The molecule has 0 saturated heterocycles. The van der Waals surface area contributed by atoms with Crippen LogP contribution in [0.15, 0.2) is 72.6 Å². The van der Waals surface area contributed by atoms with Crippen molar-refractivity contribution in [3.8, 4) is 39.4 Å². The minimum absolute atomic E-state index is 0.00655. The highest BCUT2D eigenvalue weighted by atomic mass is 32.1. The Hall–Kier alpha value is -4.62. The number of nitrogens with zero attached hydrogens (tertiary/aromatic N) is 3. The lowest BCUT2D eigenvalue weighted by atomic mass is 9.90. The van der Waals surface area contributed by atoms with Gasteiger partial charge in [-0.1, -0.05) is 30.8 Å². The van der Waals surface area contributed by atoms with Crippen LogP contribution in [0.25, 0.3) is 43.7 Å². The third-order valence-corrected chi connectivity index (χ3v) is 10.5. The molecule has 0 unspecified atom stereocenters. The standard InChI is InChI=1S/C40H37F4N3O4S/c1-4-34(48)47-11-9-24-5-6-26(17-27(24)22-47)38-36(35-32(42)19-29(41)20-33(35)51-15-14-50-3)39-30(10-16-52-39)37(45-38)25-7-8-31-28(18-25)21-46(12-13-49-2)23-40(31,43)44/h4-8,10,16-20H,1,9,11-15,21-23H2,2-3H3. The summed E-state index contributed by atoms with van der Waals surface area (Å²) in [6.45, 7) is 5.37. The van der Waals surface area contributed by atoms with E-state index in [1.807, 2.05) is 29.6 Å². The predicted octanol–water partition coefficient (Wildman–Crippen LogP) is 8.23.